The Hall–Kier alpha value is -3.08. The lowest BCUT2D eigenvalue weighted by molar-refractivity contribution is 0.0983. The molecule has 3 aromatic rings. The maximum absolute atomic E-state index is 13.2. The minimum Gasteiger partial charge on any atom is -0.507 e. The number of benzene rings is 2. The average molecular weight is 335 g/mol. The van der Waals surface area contributed by atoms with Gasteiger partial charge in [-0.05, 0) is 49.1 Å². The number of fused-ring (bicyclic) bond motifs is 2. The highest BCUT2D eigenvalue weighted by molar-refractivity contribution is 6.15. The Kier molecular flexibility index (Phi) is 3.57. The number of rotatable bonds is 1. The highest BCUT2D eigenvalue weighted by atomic mass is 16.4. The van der Waals surface area contributed by atoms with E-state index in [0.717, 1.165) is 24.1 Å². The van der Waals surface area contributed by atoms with Crippen molar-refractivity contribution >= 4 is 22.6 Å². The predicted molar refractivity (Wildman–Crippen MR) is 95.3 cm³/mol. The van der Waals surface area contributed by atoms with Crippen LogP contribution in [0.4, 0.5) is 5.69 Å². The standard InChI is InChI=1S/C20H17NO4/c1-12-11-17(23)25-19-14(12)8-9-16(22)18(19)20(24)21-10-4-6-13-5-2-3-7-15(13)21/h2-3,5,7-9,11,22H,4,6,10H2,1H3. The van der Waals surface area contributed by atoms with E-state index in [4.69, 9.17) is 4.42 Å². The third-order valence-corrected chi connectivity index (χ3v) is 4.67. The van der Waals surface area contributed by atoms with Crippen LogP contribution in [0.15, 0.2) is 51.7 Å². The molecule has 1 aliphatic heterocycles. The van der Waals surface area contributed by atoms with Gasteiger partial charge < -0.3 is 14.4 Å². The summed E-state index contributed by atoms with van der Waals surface area (Å²) in [5.74, 6) is -0.543. The Morgan fingerprint density at radius 1 is 1.20 bits per heavy atom. The summed E-state index contributed by atoms with van der Waals surface area (Å²) in [5, 5.41) is 11.0. The van der Waals surface area contributed by atoms with E-state index in [1.165, 1.54) is 12.1 Å². The number of phenols is 1. The second-order valence-corrected chi connectivity index (χ2v) is 6.27. The lowest BCUT2D eigenvalue weighted by atomic mass is 9.99. The third-order valence-electron chi connectivity index (χ3n) is 4.67. The zero-order valence-electron chi connectivity index (χ0n) is 13.8. The van der Waals surface area contributed by atoms with Crippen molar-refractivity contribution in [3.8, 4) is 5.75 Å². The van der Waals surface area contributed by atoms with Crippen molar-refractivity contribution in [2.24, 2.45) is 0 Å². The molecule has 4 rings (SSSR count). The molecule has 0 saturated heterocycles. The van der Waals surface area contributed by atoms with E-state index in [9.17, 15) is 14.7 Å². The maximum atomic E-state index is 13.2. The molecule has 1 N–H and O–H groups in total. The number of amides is 1. The Morgan fingerprint density at radius 2 is 2.00 bits per heavy atom. The summed E-state index contributed by atoms with van der Waals surface area (Å²) in [4.78, 5) is 26.7. The first-order valence-electron chi connectivity index (χ1n) is 8.22. The SMILES string of the molecule is Cc1cc(=O)oc2c(C(=O)N3CCCc4ccccc43)c(O)ccc12. The number of hydrogen-bond donors (Lipinski definition) is 1. The van der Waals surface area contributed by atoms with Gasteiger partial charge in [0.15, 0.2) is 5.58 Å². The van der Waals surface area contributed by atoms with Crippen LogP contribution in [-0.2, 0) is 6.42 Å². The second-order valence-electron chi connectivity index (χ2n) is 6.27. The van der Waals surface area contributed by atoms with Gasteiger partial charge in [-0.2, -0.15) is 0 Å². The van der Waals surface area contributed by atoms with Crippen LogP contribution in [0.5, 0.6) is 5.75 Å². The van der Waals surface area contributed by atoms with Crippen molar-refractivity contribution in [1.82, 2.24) is 0 Å². The van der Waals surface area contributed by atoms with Crippen molar-refractivity contribution in [2.45, 2.75) is 19.8 Å². The fourth-order valence-electron chi connectivity index (χ4n) is 3.46. The quantitative estimate of drug-likeness (QED) is 0.692. The monoisotopic (exact) mass is 335 g/mol. The molecule has 0 bridgehead atoms. The van der Waals surface area contributed by atoms with Crippen LogP contribution in [0.1, 0.15) is 27.9 Å². The van der Waals surface area contributed by atoms with E-state index in [0.29, 0.717) is 17.5 Å². The molecule has 0 atom stereocenters. The van der Waals surface area contributed by atoms with E-state index >= 15 is 0 Å². The highest BCUT2D eigenvalue weighted by Gasteiger charge is 2.28. The number of phenolic OH excluding ortho intramolecular Hbond substituents is 1. The molecule has 0 aliphatic carbocycles. The van der Waals surface area contributed by atoms with Gasteiger partial charge in [-0.3, -0.25) is 4.79 Å². The first kappa shape index (κ1) is 15.4. The van der Waals surface area contributed by atoms with Crippen LogP contribution >= 0.6 is 0 Å². The molecule has 0 radical (unpaired) electrons. The van der Waals surface area contributed by atoms with Crippen molar-refractivity contribution < 1.29 is 14.3 Å². The fraction of sp³-hybridized carbons (Fsp3) is 0.200. The largest absolute Gasteiger partial charge is 0.507 e. The number of aryl methyl sites for hydroxylation is 2. The van der Waals surface area contributed by atoms with E-state index in [2.05, 4.69) is 0 Å². The number of carbonyl (C=O) groups is 1. The van der Waals surface area contributed by atoms with Gasteiger partial charge in [-0.25, -0.2) is 4.79 Å². The van der Waals surface area contributed by atoms with Gasteiger partial charge in [-0.1, -0.05) is 18.2 Å². The molecule has 0 saturated carbocycles. The van der Waals surface area contributed by atoms with E-state index in [1.807, 2.05) is 24.3 Å². The number of hydrogen-bond acceptors (Lipinski definition) is 4. The zero-order valence-corrected chi connectivity index (χ0v) is 13.8. The highest BCUT2D eigenvalue weighted by Crippen LogP contribution is 2.33. The van der Waals surface area contributed by atoms with Crippen LogP contribution in [0, 0.1) is 6.92 Å². The Labute approximate surface area is 144 Å². The molecular weight excluding hydrogens is 318 g/mol. The zero-order chi connectivity index (χ0) is 17.6. The molecule has 25 heavy (non-hydrogen) atoms. The van der Waals surface area contributed by atoms with Crippen molar-refractivity contribution in [3.63, 3.8) is 0 Å². The van der Waals surface area contributed by atoms with Crippen molar-refractivity contribution in [3.05, 3.63) is 69.6 Å². The van der Waals surface area contributed by atoms with Gasteiger partial charge in [0, 0.05) is 23.7 Å². The molecule has 1 amide bonds. The van der Waals surface area contributed by atoms with Crippen LogP contribution in [0.2, 0.25) is 0 Å². The van der Waals surface area contributed by atoms with Gasteiger partial charge in [-0.15, -0.1) is 0 Å². The smallest absolute Gasteiger partial charge is 0.336 e. The molecule has 2 heterocycles. The van der Waals surface area contributed by atoms with Crippen molar-refractivity contribution in [1.29, 1.82) is 0 Å². The molecule has 0 fully saturated rings. The molecule has 0 unspecified atom stereocenters. The van der Waals surface area contributed by atoms with Gasteiger partial charge in [0.25, 0.3) is 5.91 Å². The summed E-state index contributed by atoms with van der Waals surface area (Å²) in [6.07, 6.45) is 1.76. The number of para-hydroxylation sites is 1. The fourth-order valence-corrected chi connectivity index (χ4v) is 3.46. The number of carbonyl (C=O) groups excluding carboxylic acids is 1. The molecule has 1 aliphatic rings. The summed E-state index contributed by atoms with van der Waals surface area (Å²) < 4.78 is 5.29. The first-order chi connectivity index (χ1) is 12.1. The van der Waals surface area contributed by atoms with Crippen LogP contribution < -0.4 is 10.5 Å². The van der Waals surface area contributed by atoms with Crippen LogP contribution in [0.25, 0.3) is 11.0 Å². The van der Waals surface area contributed by atoms with Crippen LogP contribution in [-0.4, -0.2) is 17.6 Å². The Bertz CT molecular complexity index is 1050. The average Bonchev–Trinajstić information content (AvgIpc) is 2.60. The molecule has 1 aromatic heterocycles. The number of aromatic hydroxyl groups is 1. The summed E-state index contributed by atoms with van der Waals surface area (Å²) >= 11 is 0. The Balaban J connectivity index is 1.92. The lowest BCUT2D eigenvalue weighted by Crippen LogP contribution is -2.35. The molecule has 5 nitrogen and oxygen atoms in total. The maximum Gasteiger partial charge on any atom is 0.336 e. The minimum atomic E-state index is -0.538. The first-order valence-corrected chi connectivity index (χ1v) is 8.22. The van der Waals surface area contributed by atoms with E-state index in [-0.39, 0.29) is 22.8 Å². The van der Waals surface area contributed by atoms with E-state index < -0.39 is 5.63 Å². The number of anilines is 1. The second kappa shape index (κ2) is 5.77. The van der Waals surface area contributed by atoms with Crippen LogP contribution in [0.3, 0.4) is 0 Å². The molecular formula is C20H17NO4. The number of nitrogens with zero attached hydrogens (tertiary/aromatic N) is 1. The summed E-state index contributed by atoms with van der Waals surface area (Å²) in [6.45, 7) is 2.34. The minimum absolute atomic E-state index is 0.0370. The lowest BCUT2D eigenvalue weighted by Gasteiger charge is -2.29. The van der Waals surface area contributed by atoms with Gasteiger partial charge in [0.05, 0.1) is 0 Å². The normalized spacial score (nSPS) is 13.7. The summed E-state index contributed by atoms with van der Waals surface area (Å²) in [5.41, 5.74) is 2.28. The summed E-state index contributed by atoms with van der Waals surface area (Å²) in [6, 6.07) is 12.2. The molecule has 0 spiro atoms. The molecule has 5 heteroatoms. The Morgan fingerprint density at radius 3 is 2.84 bits per heavy atom. The molecule has 2 aromatic carbocycles. The van der Waals surface area contributed by atoms with E-state index in [1.54, 1.807) is 17.9 Å². The summed E-state index contributed by atoms with van der Waals surface area (Å²) in [7, 11) is 0. The third kappa shape index (κ3) is 2.48. The van der Waals surface area contributed by atoms with Gasteiger partial charge >= 0.3 is 5.63 Å². The van der Waals surface area contributed by atoms with Gasteiger partial charge in [0.2, 0.25) is 0 Å². The topological polar surface area (TPSA) is 70.8 Å². The predicted octanol–water partition coefficient (Wildman–Crippen LogP) is 3.40. The molecule has 126 valence electrons. The van der Waals surface area contributed by atoms with Gasteiger partial charge in [0.1, 0.15) is 11.3 Å². The van der Waals surface area contributed by atoms with Crippen molar-refractivity contribution in [2.75, 3.05) is 11.4 Å².